The van der Waals surface area contributed by atoms with Crippen LogP contribution >= 0.6 is 15.9 Å². The van der Waals surface area contributed by atoms with Gasteiger partial charge in [-0.1, -0.05) is 123 Å². The van der Waals surface area contributed by atoms with E-state index in [1.807, 2.05) is 0 Å². The van der Waals surface area contributed by atoms with Crippen LogP contribution in [0.3, 0.4) is 0 Å². The molecule has 0 aliphatic heterocycles. The first-order valence-electron chi connectivity index (χ1n) is 14.4. The second kappa shape index (κ2) is 11.9. The largest absolute Gasteiger partial charge is 0.0587 e. The van der Waals surface area contributed by atoms with Crippen LogP contribution in [-0.2, 0) is 0 Å². The maximum atomic E-state index is 3.93. The van der Waals surface area contributed by atoms with Crippen LogP contribution < -0.4 is 0 Å². The van der Waals surface area contributed by atoms with Crippen LogP contribution in [0, 0.1) is 0 Å². The van der Waals surface area contributed by atoms with Crippen molar-refractivity contribution in [1.29, 1.82) is 0 Å². The topological polar surface area (TPSA) is 0 Å². The number of halogens is 1. The van der Waals surface area contributed by atoms with Crippen LogP contribution in [0.15, 0.2) is 46.9 Å². The highest BCUT2D eigenvalue weighted by molar-refractivity contribution is 9.10. The zero-order valence-electron chi connectivity index (χ0n) is 25.4. The first-order valence-corrected chi connectivity index (χ1v) is 15.2. The maximum Gasteiger partial charge on any atom is 0.0187 e. The van der Waals surface area contributed by atoms with Crippen molar-refractivity contribution in [2.45, 2.75) is 119 Å². The summed E-state index contributed by atoms with van der Waals surface area (Å²) in [5, 5.41) is 0. The molecule has 0 saturated heterocycles. The SMILES string of the molecule is CC(C)c1cc(C(C)C)c(-c2cc(Br)cc(-c3c(C(C)C)cc(C(C)C)cc3C(C)C)c2)c(C(C)C)c1. The van der Waals surface area contributed by atoms with E-state index < -0.39 is 0 Å². The predicted molar refractivity (Wildman–Crippen MR) is 170 cm³/mol. The summed E-state index contributed by atoms with van der Waals surface area (Å²) in [4.78, 5) is 0. The van der Waals surface area contributed by atoms with Crippen LogP contribution in [0.5, 0.6) is 0 Å². The van der Waals surface area contributed by atoms with Gasteiger partial charge in [-0.25, -0.2) is 0 Å². The van der Waals surface area contributed by atoms with Gasteiger partial charge in [-0.05, 0) is 109 Å². The highest BCUT2D eigenvalue weighted by Gasteiger charge is 2.22. The number of hydrogen-bond donors (Lipinski definition) is 0. The standard InChI is InChI=1S/C36H49Br/c1-20(2)26-16-31(22(5)6)35(32(17-26)23(7)8)28-13-29(15-30(37)14-28)36-33(24(9)10)18-27(21(3)4)19-34(36)25(11)12/h13-25H,1-12H3. The highest BCUT2D eigenvalue weighted by atomic mass is 79.9. The molecule has 0 heterocycles. The van der Waals surface area contributed by atoms with Crippen LogP contribution in [0.25, 0.3) is 22.3 Å². The summed E-state index contributed by atoms with van der Waals surface area (Å²) < 4.78 is 1.15. The number of rotatable bonds is 8. The highest BCUT2D eigenvalue weighted by Crippen LogP contribution is 2.44. The minimum atomic E-state index is 0.455. The van der Waals surface area contributed by atoms with E-state index in [0.29, 0.717) is 35.5 Å². The van der Waals surface area contributed by atoms with Gasteiger partial charge in [-0.2, -0.15) is 0 Å². The predicted octanol–water partition coefficient (Wildman–Crippen LogP) is 12.5. The van der Waals surface area contributed by atoms with Gasteiger partial charge in [0.05, 0.1) is 0 Å². The van der Waals surface area contributed by atoms with E-state index in [1.54, 1.807) is 0 Å². The van der Waals surface area contributed by atoms with Gasteiger partial charge < -0.3 is 0 Å². The van der Waals surface area contributed by atoms with Crippen molar-refractivity contribution in [3.63, 3.8) is 0 Å². The summed E-state index contributed by atoms with van der Waals surface area (Å²) in [6.45, 7) is 27.9. The molecule has 3 rings (SSSR count). The molecule has 200 valence electrons. The fourth-order valence-electron chi connectivity index (χ4n) is 5.46. The molecule has 0 aliphatic rings. The van der Waals surface area contributed by atoms with Crippen molar-refractivity contribution < 1.29 is 0 Å². The lowest BCUT2D eigenvalue weighted by Gasteiger charge is -2.26. The van der Waals surface area contributed by atoms with Gasteiger partial charge >= 0.3 is 0 Å². The molecule has 0 unspecified atom stereocenters. The molecule has 0 atom stereocenters. The summed E-state index contributed by atoms with van der Waals surface area (Å²) >= 11 is 3.93. The average molecular weight is 562 g/mol. The Bertz CT molecular complexity index is 1090. The first kappa shape index (κ1) is 29.7. The van der Waals surface area contributed by atoms with Gasteiger partial charge in [0.2, 0.25) is 0 Å². The molecule has 3 aromatic carbocycles. The van der Waals surface area contributed by atoms with E-state index in [0.717, 1.165) is 4.47 Å². The molecule has 0 aliphatic carbocycles. The van der Waals surface area contributed by atoms with E-state index in [1.165, 1.54) is 55.6 Å². The van der Waals surface area contributed by atoms with Crippen LogP contribution in [0.2, 0.25) is 0 Å². The van der Waals surface area contributed by atoms with Crippen LogP contribution in [-0.4, -0.2) is 0 Å². The molecule has 0 aromatic heterocycles. The van der Waals surface area contributed by atoms with Crippen LogP contribution in [0.4, 0.5) is 0 Å². The molecule has 1 heteroatoms. The Morgan fingerprint density at radius 3 is 0.865 bits per heavy atom. The third-order valence-electron chi connectivity index (χ3n) is 7.74. The fourth-order valence-corrected chi connectivity index (χ4v) is 5.95. The van der Waals surface area contributed by atoms with Gasteiger partial charge in [-0.3, -0.25) is 0 Å². The molecule has 3 aromatic rings. The summed E-state index contributed by atoms with van der Waals surface area (Å²) in [6, 6.07) is 17.0. The van der Waals surface area contributed by atoms with Gasteiger partial charge in [0, 0.05) is 4.47 Å². The van der Waals surface area contributed by atoms with Gasteiger partial charge in [0.1, 0.15) is 0 Å². The smallest absolute Gasteiger partial charge is 0.0187 e. The van der Waals surface area contributed by atoms with Crippen molar-refractivity contribution in [3.8, 4) is 22.3 Å². The quantitative estimate of drug-likeness (QED) is 0.257. The van der Waals surface area contributed by atoms with Gasteiger partial charge in [-0.15, -0.1) is 0 Å². The third-order valence-corrected chi connectivity index (χ3v) is 8.20. The van der Waals surface area contributed by atoms with Crippen molar-refractivity contribution in [1.82, 2.24) is 0 Å². The van der Waals surface area contributed by atoms with E-state index in [4.69, 9.17) is 0 Å². The molecule has 37 heavy (non-hydrogen) atoms. The monoisotopic (exact) mass is 560 g/mol. The molecule has 0 fully saturated rings. The average Bonchev–Trinajstić information content (AvgIpc) is 2.81. The lowest BCUT2D eigenvalue weighted by molar-refractivity contribution is 0.807. The summed E-state index contributed by atoms with van der Waals surface area (Å²) in [5.41, 5.74) is 14.2. The van der Waals surface area contributed by atoms with E-state index in [-0.39, 0.29) is 0 Å². The summed E-state index contributed by atoms with van der Waals surface area (Å²) in [7, 11) is 0. The van der Waals surface area contributed by atoms with Gasteiger partial charge in [0.25, 0.3) is 0 Å². The molecular formula is C36H49Br. The number of benzene rings is 3. The normalized spacial score (nSPS) is 12.3. The minimum absolute atomic E-state index is 0.455. The molecule has 0 bridgehead atoms. The van der Waals surface area contributed by atoms with E-state index in [9.17, 15) is 0 Å². The zero-order valence-corrected chi connectivity index (χ0v) is 27.0. The van der Waals surface area contributed by atoms with Crippen molar-refractivity contribution in [3.05, 3.63) is 80.3 Å². The molecule has 0 spiro atoms. The maximum absolute atomic E-state index is 3.93. The fraction of sp³-hybridized carbons (Fsp3) is 0.500. The number of hydrogen-bond acceptors (Lipinski definition) is 0. The van der Waals surface area contributed by atoms with E-state index in [2.05, 4.69) is 141 Å². The molecular weight excluding hydrogens is 512 g/mol. The molecule has 0 saturated carbocycles. The van der Waals surface area contributed by atoms with Gasteiger partial charge in [0.15, 0.2) is 0 Å². The first-order chi connectivity index (χ1) is 17.2. The second-order valence-corrected chi connectivity index (χ2v) is 13.7. The lowest BCUT2D eigenvalue weighted by Crippen LogP contribution is -2.05. The second-order valence-electron chi connectivity index (χ2n) is 12.8. The molecule has 0 nitrogen and oxygen atoms in total. The lowest BCUT2D eigenvalue weighted by atomic mass is 9.79. The Morgan fingerprint density at radius 1 is 0.378 bits per heavy atom. The third kappa shape index (κ3) is 6.42. The van der Waals surface area contributed by atoms with Crippen LogP contribution in [0.1, 0.15) is 152 Å². The zero-order chi connectivity index (χ0) is 27.8. The van der Waals surface area contributed by atoms with Crippen molar-refractivity contribution in [2.24, 2.45) is 0 Å². The van der Waals surface area contributed by atoms with E-state index >= 15 is 0 Å². The Labute approximate surface area is 236 Å². The summed E-state index contributed by atoms with van der Waals surface area (Å²) in [5.74, 6) is 2.85. The molecule has 0 amide bonds. The Kier molecular flexibility index (Phi) is 9.55. The van der Waals surface area contributed by atoms with Crippen molar-refractivity contribution >= 4 is 15.9 Å². The molecule has 0 N–H and O–H groups in total. The Balaban J connectivity index is 2.42. The molecule has 0 radical (unpaired) electrons. The Hall–Kier alpha value is -1.86. The minimum Gasteiger partial charge on any atom is -0.0587 e. The Morgan fingerprint density at radius 2 is 0.649 bits per heavy atom. The summed E-state index contributed by atoms with van der Waals surface area (Å²) in [6.07, 6.45) is 0. The van der Waals surface area contributed by atoms with Crippen molar-refractivity contribution in [2.75, 3.05) is 0 Å².